The van der Waals surface area contributed by atoms with Gasteiger partial charge in [0.15, 0.2) is 0 Å². The molecule has 0 radical (unpaired) electrons. The van der Waals surface area contributed by atoms with Crippen LogP contribution in [-0.2, 0) is 10.5 Å². The number of aromatic nitrogens is 1. The lowest BCUT2D eigenvalue weighted by Gasteiger charge is -2.13. The third kappa shape index (κ3) is 5.82. The van der Waals surface area contributed by atoms with Crippen molar-refractivity contribution in [2.24, 2.45) is 5.10 Å². The number of thioether (sulfide) groups is 1. The number of carbonyl (C=O) groups is 1. The van der Waals surface area contributed by atoms with Gasteiger partial charge in [-0.3, -0.25) is 4.79 Å². The molecule has 31 heavy (non-hydrogen) atoms. The zero-order valence-corrected chi connectivity index (χ0v) is 21.2. The highest BCUT2D eigenvalue weighted by Crippen LogP contribution is 2.31. The summed E-state index contributed by atoms with van der Waals surface area (Å²) in [6, 6.07) is 14.1. The number of hydrogen-bond acceptors (Lipinski definition) is 3. The van der Waals surface area contributed by atoms with Crippen LogP contribution in [0.25, 0.3) is 5.69 Å². The second-order valence-electron chi connectivity index (χ2n) is 7.44. The Morgan fingerprint density at radius 3 is 2.68 bits per heavy atom. The number of hydrogen-bond donors (Lipinski definition) is 1. The fraction of sp³-hybridized carbons (Fsp3) is 0.250. The molecule has 0 aliphatic carbocycles. The van der Waals surface area contributed by atoms with Gasteiger partial charge in [0, 0.05) is 37.9 Å². The monoisotopic (exact) mass is 517 g/mol. The van der Waals surface area contributed by atoms with Crippen molar-refractivity contribution >= 4 is 51.4 Å². The third-order valence-corrected chi connectivity index (χ3v) is 7.23. The Hall–Kier alpha value is -2.02. The number of benzene rings is 2. The van der Waals surface area contributed by atoms with Crippen LogP contribution < -0.4 is 5.43 Å². The summed E-state index contributed by atoms with van der Waals surface area (Å²) >= 11 is 11.2. The van der Waals surface area contributed by atoms with Crippen LogP contribution in [0.5, 0.6) is 0 Å². The first-order chi connectivity index (χ1) is 14.8. The fourth-order valence-corrected chi connectivity index (χ4v) is 4.93. The smallest absolute Gasteiger partial charge is 0.250 e. The predicted molar refractivity (Wildman–Crippen MR) is 136 cm³/mol. The standard InChI is InChI=1S/C24H25BrClN3OS/c1-15-8-9-16(2)22(10-15)29-17(3)21(24(25)18(29)4)12-27-28-23(30)14-31-13-19-6-5-7-20(26)11-19/h5-12H,13-14H2,1-4H3,(H,28,30)/b27-12-. The summed E-state index contributed by atoms with van der Waals surface area (Å²) in [5.74, 6) is 0.912. The molecule has 3 rings (SSSR count). The lowest BCUT2D eigenvalue weighted by Crippen LogP contribution is -2.19. The van der Waals surface area contributed by atoms with E-state index in [1.165, 1.54) is 22.9 Å². The molecule has 0 saturated carbocycles. The highest BCUT2D eigenvalue weighted by molar-refractivity contribution is 9.10. The molecule has 0 aliphatic rings. The lowest BCUT2D eigenvalue weighted by atomic mass is 10.1. The maximum Gasteiger partial charge on any atom is 0.250 e. The number of aryl methyl sites for hydroxylation is 2. The van der Waals surface area contributed by atoms with E-state index in [4.69, 9.17) is 11.6 Å². The van der Waals surface area contributed by atoms with Crippen LogP contribution in [0.1, 0.15) is 33.6 Å². The number of amides is 1. The lowest BCUT2D eigenvalue weighted by molar-refractivity contribution is -0.118. The molecule has 1 N–H and O–H groups in total. The van der Waals surface area contributed by atoms with Crippen molar-refractivity contribution in [3.8, 4) is 5.69 Å². The van der Waals surface area contributed by atoms with E-state index in [1.54, 1.807) is 6.21 Å². The first-order valence-corrected chi connectivity index (χ1v) is 12.2. The number of nitrogens with one attached hydrogen (secondary N) is 1. The molecular formula is C24H25BrClN3OS. The van der Waals surface area contributed by atoms with Gasteiger partial charge in [-0.1, -0.05) is 35.9 Å². The van der Waals surface area contributed by atoms with Crippen molar-refractivity contribution in [3.05, 3.63) is 85.6 Å². The summed E-state index contributed by atoms with van der Waals surface area (Å²) < 4.78 is 3.19. The van der Waals surface area contributed by atoms with Crippen molar-refractivity contribution < 1.29 is 4.79 Å². The SMILES string of the molecule is Cc1ccc(C)c(-n2c(C)c(Br)c(/C=N\NC(=O)CSCc3cccc(Cl)c3)c2C)c1. The minimum Gasteiger partial charge on any atom is -0.316 e. The topological polar surface area (TPSA) is 46.4 Å². The summed E-state index contributed by atoms with van der Waals surface area (Å²) in [6.45, 7) is 8.33. The van der Waals surface area contributed by atoms with Crippen LogP contribution in [0.3, 0.4) is 0 Å². The number of halogens is 2. The zero-order chi connectivity index (χ0) is 22.5. The third-order valence-electron chi connectivity index (χ3n) is 4.99. The van der Waals surface area contributed by atoms with Gasteiger partial charge in [-0.25, -0.2) is 5.43 Å². The van der Waals surface area contributed by atoms with Gasteiger partial charge in [0.2, 0.25) is 5.91 Å². The maximum absolute atomic E-state index is 12.1. The molecule has 0 fully saturated rings. The van der Waals surface area contributed by atoms with Crippen molar-refractivity contribution in [2.45, 2.75) is 33.4 Å². The maximum atomic E-state index is 12.1. The average molecular weight is 519 g/mol. The molecule has 1 aromatic heterocycles. The molecule has 0 aliphatic heterocycles. The van der Waals surface area contributed by atoms with Crippen LogP contribution in [0, 0.1) is 27.7 Å². The molecule has 1 amide bonds. The van der Waals surface area contributed by atoms with E-state index in [1.807, 2.05) is 24.3 Å². The summed E-state index contributed by atoms with van der Waals surface area (Å²) in [6.07, 6.45) is 1.70. The Morgan fingerprint density at radius 2 is 1.94 bits per heavy atom. The van der Waals surface area contributed by atoms with E-state index >= 15 is 0 Å². The molecule has 0 spiro atoms. The summed E-state index contributed by atoms with van der Waals surface area (Å²) in [5.41, 5.74) is 10.4. The van der Waals surface area contributed by atoms with Gasteiger partial charge in [-0.2, -0.15) is 5.10 Å². The first kappa shape index (κ1) is 23.6. The normalized spacial score (nSPS) is 11.3. The van der Waals surface area contributed by atoms with Crippen LogP contribution in [-0.4, -0.2) is 22.4 Å². The van der Waals surface area contributed by atoms with E-state index in [0.717, 1.165) is 38.4 Å². The Morgan fingerprint density at radius 1 is 1.16 bits per heavy atom. The van der Waals surface area contributed by atoms with Gasteiger partial charge in [0.1, 0.15) is 0 Å². The zero-order valence-electron chi connectivity index (χ0n) is 18.0. The van der Waals surface area contributed by atoms with Crippen LogP contribution >= 0.6 is 39.3 Å². The Labute approximate surface area is 201 Å². The number of nitrogens with zero attached hydrogens (tertiary/aromatic N) is 2. The number of hydrazone groups is 1. The van der Waals surface area contributed by atoms with Gasteiger partial charge in [-0.05, 0) is 78.5 Å². The highest BCUT2D eigenvalue weighted by Gasteiger charge is 2.17. The molecule has 1 heterocycles. The quantitative estimate of drug-likeness (QED) is 0.286. The largest absolute Gasteiger partial charge is 0.316 e. The van der Waals surface area contributed by atoms with Crippen molar-refractivity contribution in [1.29, 1.82) is 0 Å². The molecule has 0 atom stereocenters. The summed E-state index contributed by atoms with van der Waals surface area (Å²) in [7, 11) is 0. The molecule has 0 bridgehead atoms. The second kappa shape index (κ2) is 10.5. The van der Waals surface area contributed by atoms with Crippen molar-refractivity contribution in [1.82, 2.24) is 9.99 Å². The predicted octanol–water partition coefficient (Wildman–Crippen LogP) is 6.51. The number of rotatable bonds is 7. The van der Waals surface area contributed by atoms with Crippen LogP contribution in [0.4, 0.5) is 0 Å². The van der Waals surface area contributed by atoms with E-state index in [-0.39, 0.29) is 5.91 Å². The Bertz CT molecular complexity index is 1140. The van der Waals surface area contributed by atoms with Gasteiger partial charge in [0.05, 0.1) is 12.0 Å². The van der Waals surface area contributed by atoms with Crippen LogP contribution in [0.15, 0.2) is 52.0 Å². The summed E-state index contributed by atoms with van der Waals surface area (Å²) in [5, 5.41) is 4.89. The number of carbonyl (C=O) groups excluding carboxylic acids is 1. The van der Waals surface area contributed by atoms with E-state index in [0.29, 0.717) is 10.8 Å². The van der Waals surface area contributed by atoms with Crippen molar-refractivity contribution in [3.63, 3.8) is 0 Å². The molecule has 3 aromatic rings. The summed E-state index contributed by atoms with van der Waals surface area (Å²) in [4.78, 5) is 12.1. The molecular weight excluding hydrogens is 494 g/mol. The fourth-order valence-electron chi connectivity index (χ4n) is 3.39. The highest BCUT2D eigenvalue weighted by atomic mass is 79.9. The molecule has 4 nitrogen and oxygen atoms in total. The Kier molecular flexibility index (Phi) is 8.03. The Balaban J connectivity index is 1.66. The van der Waals surface area contributed by atoms with Gasteiger partial charge >= 0.3 is 0 Å². The minimum absolute atomic E-state index is 0.136. The van der Waals surface area contributed by atoms with Gasteiger partial charge < -0.3 is 4.57 Å². The van der Waals surface area contributed by atoms with E-state index in [9.17, 15) is 4.79 Å². The first-order valence-electron chi connectivity index (χ1n) is 9.87. The average Bonchev–Trinajstić information content (AvgIpc) is 2.93. The second-order valence-corrected chi connectivity index (χ2v) is 9.65. The minimum atomic E-state index is -0.136. The van der Waals surface area contributed by atoms with E-state index in [2.05, 4.69) is 76.9 Å². The molecule has 0 unspecified atom stereocenters. The van der Waals surface area contributed by atoms with Gasteiger partial charge in [0.25, 0.3) is 0 Å². The van der Waals surface area contributed by atoms with Crippen LogP contribution in [0.2, 0.25) is 5.02 Å². The van der Waals surface area contributed by atoms with Crippen molar-refractivity contribution in [2.75, 3.05) is 5.75 Å². The molecule has 2 aromatic carbocycles. The molecule has 7 heteroatoms. The van der Waals surface area contributed by atoms with E-state index < -0.39 is 0 Å². The van der Waals surface area contributed by atoms with Gasteiger partial charge in [-0.15, -0.1) is 11.8 Å². The molecule has 0 saturated heterocycles. The molecule has 162 valence electrons.